The van der Waals surface area contributed by atoms with Crippen LogP contribution in [-0.2, 0) is 0 Å². The van der Waals surface area contributed by atoms with Gasteiger partial charge in [0.2, 0.25) is 0 Å². The van der Waals surface area contributed by atoms with Crippen LogP contribution in [-0.4, -0.2) is 62.9 Å². The van der Waals surface area contributed by atoms with Gasteiger partial charge in [0.25, 0.3) is 0 Å². The molecule has 0 aromatic carbocycles. The van der Waals surface area contributed by atoms with Crippen LogP contribution in [0.25, 0.3) is 11.2 Å². The van der Waals surface area contributed by atoms with E-state index in [2.05, 4.69) is 20.3 Å². The molecule has 1 aliphatic carbocycles. The second-order valence-electron chi connectivity index (χ2n) is 5.25. The fraction of sp³-hybridized carbons (Fsp3) is 0.583. The third-order valence-electron chi connectivity index (χ3n) is 3.68. The van der Waals surface area contributed by atoms with Gasteiger partial charge in [0.1, 0.15) is 0 Å². The van der Waals surface area contributed by atoms with Crippen LogP contribution in [0.1, 0.15) is 17.8 Å². The average molecular weight is 340 g/mol. The maximum atomic E-state index is 10.1. The molecule has 1 saturated carbocycles. The van der Waals surface area contributed by atoms with E-state index in [1.807, 2.05) is 4.57 Å². The van der Waals surface area contributed by atoms with Crippen LogP contribution in [0.2, 0.25) is 5.32 Å². The topological polar surface area (TPSA) is 96.1 Å². The Kier molecular flexibility index (Phi) is 2.92. The zero-order valence-electron chi connectivity index (χ0n) is 10.7. The van der Waals surface area contributed by atoms with Gasteiger partial charge in [-0.2, -0.15) is 0 Å². The normalized spacial score (nSPS) is 30.0. The van der Waals surface area contributed by atoms with E-state index in [1.165, 1.54) is 19.2 Å². The molecule has 3 heterocycles. The third-order valence-corrected chi connectivity index (χ3v) is 6.57. The standard InChI is InChI=1S/C12H15N5O2Se/c18-7-3-20-12(9(7)19)17-5-15-8-10(16-6-1-2-6)13-4-14-11(8)17/h4-7,9,12,18-19H,1-3H2,(H,13,14,16)/t7-,9-,12-/m1/s1. The minimum absolute atomic E-state index is 0.105. The van der Waals surface area contributed by atoms with Gasteiger partial charge in [-0.3, -0.25) is 0 Å². The van der Waals surface area contributed by atoms with E-state index in [1.54, 1.807) is 6.33 Å². The van der Waals surface area contributed by atoms with E-state index in [4.69, 9.17) is 0 Å². The number of imidazole rings is 1. The van der Waals surface area contributed by atoms with Crippen LogP contribution in [0.15, 0.2) is 12.7 Å². The molecular formula is C12H15N5O2Se. The molecule has 1 saturated heterocycles. The molecule has 2 fully saturated rings. The van der Waals surface area contributed by atoms with Crippen molar-refractivity contribution in [3.05, 3.63) is 12.7 Å². The molecule has 20 heavy (non-hydrogen) atoms. The number of hydrogen-bond donors (Lipinski definition) is 3. The number of aliphatic hydroxyl groups excluding tert-OH is 2. The molecule has 1 aliphatic heterocycles. The van der Waals surface area contributed by atoms with E-state index in [-0.39, 0.29) is 19.9 Å². The monoisotopic (exact) mass is 341 g/mol. The van der Waals surface area contributed by atoms with Crippen LogP contribution in [0, 0.1) is 0 Å². The minimum atomic E-state index is -0.734. The maximum absolute atomic E-state index is 10.1. The number of fused-ring (bicyclic) bond motifs is 1. The zero-order chi connectivity index (χ0) is 13.7. The summed E-state index contributed by atoms with van der Waals surface area (Å²) in [5.74, 6) is 0.761. The molecule has 0 bridgehead atoms. The van der Waals surface area contributed by atoms with Gasteiger partial charge in [-0.1, -0.05) is 0 Å². The predicted molar refractivity (Wildman–Crippen MR) is 73.6 cm³/mol. The fourth-order valence-electron chi connectivity index (χ4n) is 2.39. The summed E-state index contributed by atoms with van der Waals surface area (Å²) in [5, 5.41) is 23.8. The molecule has 2 aromatic rings. The van der Waals surface area contributed by atoms with E-state index >= 15 is 0 Å². The van der Waals surface area contributed by atoms with Gasteiger partial charge in [-0.15, -0.1) is 0 Å². The van der Waals surface area contributed by atoms with Gasteiger partial charge in [0, 0.05) is 0 Å². The van der Waals surface area contributed by atoms with Gasteiger partial charge < -0.3 is 0 Å². The van der Waals surface area contributed by atoms with Gasteiger partial charge in [-0.05, 0) is 0 Å². The zero-order valence-corrected chi connectivity index (χ0v) is 12.4. The van der Waals surface area contributed by atoms with Crippen LogP contribution in [0.3, 0.4) is 0 Å². The van der Waals surface area contributed by atoms with Crippen molar-refractivity contribution in [1.82, 2.24) is 19.5 Å². The number of hydrogen-bond acceptors (Lipinski definition) is 6. The predicted octanol–water partition coefficient (Wildman–Crippen LogP) is -0.243. The second kappa shape index (κ2) is 4.66. The van der Waals surface area contributed by atoms with Crippen molar-refractivity contribution in [2.45, 2.75) is 41.4 Å². The molecule has 7 nitrogen and oxygen atoms in total. The van der Waals surface area contributed by atoms with E-state index in [9.17, 15) is 10.2 Å². The molecule has 3 atom stereocenters. The first-order valence-electron chi connectivity index (χ1n) is 6.66. The summed E-state index contributed by atoms with van der Waals surface area (Å²) in [6, 6.07) is 0.501. The fourth-order valence-corrected chi connectivity index (χ4v) is 5.09. The van der Waals surface area contributed by atoms with E-state index in [0.29, 0.717) is 11.4 Å². The van der Waals surface area contributed by atoms with Crippen molar-refractivity contribution in [3.63, 3.8) is 0 Å². The van der Waals surface area contributed by atoms with Crippen molar-refractivity contribution < 1.29 is 10.2 Å². The Bertz CT molecular complexity index is 644. The second-order valence-corrected chi connectivity index (χ2v) is 7.66. The number of nitrogens with one attached hydrogen (secondary N) is 1. The van der Waals surface area contributed by atoms with Crippen molar-refractivity contribution in [3.8, 4) is 0 Å². The molecule has 8 heteroatoms. The third kappa shape index (κ3) is 2.00. The van der Waals surface area contributed by atoms with Crippen molar-refractivity contribution in [2.75, 3.05) is 5.32 Å². The number of anilines is 1. The summed E-state index contributed by atoms with van der Waals surface area (Å²) in [7, 11) is 0. The molecule has 2 aromatic heterocycles. The Labute approximate surface area is 121 Å². The molecule has 0 spiro atoms. The SMILES string of the molecule is O[C@@H]1[C@H](O)C[Se][C@H]1n1cnc2c(NC3CC3)ncnc21. The Morgan fingerprint density at radius 3 is 2.80 bits per heavy atom. The first-order chi connectivity index (χ1) is 9.74. The van der Waals surface area contributed by atoms with Crippen molar-refractivity contribution in [2.24, 2.45) is 0 Å². The summed E-state index contributed by atoms with van der Waals surface area (Å²) in [5.41, 5.74) is 1.46. The van der Waals surface area contributed by atoms with E-state index in [0.717, 1.165) is 17.0 Å². The summed E-state index contributed by atoms with van der Waals surface area (Å²) >= 11 is 0.140. The number of nitrogens with zero attached hydrogens (tertiary/aromatic N) is 4. The number of aromatic nitrogens is 4. The van der Waals surface area contributed by atoms with Gasteiger partial charge >= 0.3 is 121 Å². The molecule has 4 rings (SSSR count). The number of rotatable bonds is 3. The Balaban J connectivity index is 1.74. The molecular weight excluding hydrogens is 325 g/mol. The van der Waals surface area contributed by atoms with Gasteiger partial charge in [0.15, 0.2) is 0 Å². The summed E-state index contributed by atoms with van der Waals surface area (Å²) in [6.07, 6.45) is 4.19. The van der Waals surface area contributed by atoms with Gasteiger partial charge in [0.05, 0.1) is 0 Å². The van der Waals surface area contributed by atoms with Crippen LogP contribution in [0.4, 0.5) is 5.82 Å². The van der Waals surface area contributed by atoms with Crippen LogP contribution in [0.5, 0.6) is 0 Å². The Morgan fingerprint density at radius 1 is 1.25 bits per heavy atom. The Morgan fingerprint density at radius 2 is 2.10 bits per heavy atom. The Hall–Kier alpha value is -1.21. The van der Waals surface area contributed by atoms with E-state index < -0.39 is 12.2 Å². The first kappa shape index (κ1) is 12.5. The quantitative estimate of drug-likeness (QED) is 0.668. The molecule has 0 unspecified atom stereocenters. The molecule has 0 radical (unpaired) electrons. The molecule has 3 N–H and O–H groups in total. The number of aliphatic hydroxyl groups is 2. The van der Waals surface area contributed by atoms with Crippen molar-refractivity contribution in [1.29, 1.82) is 0 Å². The van der Waals surface area contributed by atoms with Crippen LogP contribution >= 0.6 is 0 Å². The average Bonchev–Trinajstić information content (AvgIpc) is 3.07. The molecule has 2 aliphatic rings. The first-order valence-corrected chi connectivity index (χ1v) is 8.86. The summed E-state index contributed by atoms with van der Waals surface area (Å²) in [4.78, 5) is 12.8. The van der Waals surface area contributed by atoms with Crippen molar-refractivity contribution >= 4 is 31.9 Å². The molecule has 106 valence electrons. The van der Waals surface area contributed by atoms with Crippen LogP contribution < -0.4 is 5.32 Å². The van der Waals surface area contributed by atoms with Gasteiger partial charge in [-0.25, -0.2) is 0 Å². The summed E-state index contributed by atoms with van der Waals surface area (Å²) < 4.78 is 1.88. The molecule has 0 amide bonds. The summed E-state index contributed by atoms with van der Waals surface area (Å²) in [6.45, 7) is 0.